The van der Waals surface area contributed by atoms with Gasteiger partial charge in [-0.2, -0.15) is 5.10 Å². The molecule has 102 valence electrons. The maximum Gasteiger partial charge on any atom is 0.264 e. The van der Waals surface area contributed by atoms with Gasteiger partial charge in [0.05, 0.1) is 10.7 Å². The largest absolute Gasteiger partial charge is 0.399 e. The molecule has 0 amide bonds. The molecule has 2 rings (SSSR count). The molecule has 0 radical (unpaired) electrons. The van der Waals surface area contributed by atoms with Gasteiger partial charge in [-0.25, -0.2) is 8.42 Å². The highest BCUT2D eigenvalue weighted by Crippen LogP contribution is 2.25. The first-order valence-electron chi connectivity index (χ1n) is 5.38. The van der Waals surface area contributed by atoms with Crippen LogP contribution in [0, 0.1) is 6.92 Å². The summed E-state index contributed by atoms with van der Waals surface area (Å²) in [6.45, 7) is 1.77. The van der Waals surface area contributed by atoms with Crippen molar-refractivity contribution >= 4 is 33.1 Å². The number of hydrogen-bond donors (Lipinski definition) is 2. The minimum absolute atomic E-state index is 0.0257. The van der Waals surface area contributed by atoms with Gasteiger partial charge in [-0.05, 0) is 25.1 Å². The predicted octanol–water partition coefficient (Wildman–Crippen LogP) is 1.76. The molecule has 1 aromatic heterocycles. The lowest BCUT2D eigenvalue weighted by atomic mass is 10.3. The van der Waals surface area contributed by atoms with Crippen LogP contribution in [-0.4, -0.2) is 18.2 Å². The third-order valence-corrected chi connectivity index (χ3v) is 4.32. The van der Waals surface area contributed by atoms with E-state index < -0.39 is 10.0 Å². The van der Waals surface area contributed by atoms with E-state index in [1.165, 1.54) is 22.9 Å². The van der Waals surface area contributed by atoms with E-state index in [-0.39, 0.29) is 9.92 Å². The number of halogens is 1. The Morgan fingerprint density at radius 2 is 2.05 bits per heavy atom. The fourth-order valence-electron chi connectivity index (χ4n) is 1.63. The van der Waals surface area contributed by atoms with Crippen LogP contribution in [0.1, 0.15) is 5.69 Å². The molecule has 2 aromatic rings. The summed E-state index contributed by atoms with van der Waals surface area (Å²) in [7, 11) is -2.12. The Bertz CT molecular complexity index is 724. The van der Waals surface area contributed by atoms with E-state index in [0.29, 0.717) is 17.2 Å². The summed E-state index contributed by atoms with van der Waals surface area (Å²) in [6, 6.07) is 5.87. The fourth-order valence-corrected chi connectivity index (χ4v) is 3.27. The average Bonchev–Trinajstić information content (AvgIpc) is 2.55. The van der Waals surface area contributed by atoms with Crippen molar-refractivity contribution in [2.24, 2.45) is 7.05 Å². The molecule has 0 fully saturated rings. The minimum atomic E-state index is -3.77. The highest BCUT2D eigenvalue weighted by Gasteiger charge is 2.19. The van der Waals surface area contributed by atoms with Gasteiger partial charge in [0, 0.05) is 18.8 Å². The Labute approximate surface area is 116 Å². The third kappa shape index (κ3) is 2.82. The van der Waals surface area contributed by atoms with E-state index in [1.807, 2.05) is 0 Å². The molecular formula is C11H13ClN4O2S. The van der Waals surface area contributed by atoms with E-state index >= 15 is 0 Å². The van der Waals surface area contributed by atoms with Crippen molar-refractivity contribution in [2.75, 3.05) is 10.5 Å². The lowest BCUT2D eigenvalue weighted by Crippen LogP contribution is -2.15. The van der Waals surface area contributed by atoms with Gasteiger partial charge in [-0.1, -0.05) is 11.6 Å². The summed E-state index contributed by atoms with van der Waals surface area (Å²) in [6.07, 6.45) is 0. The molecule has 0 aliphatic rings. The van der Waals surface area contributed by atoms with Gasteiger partial charge in [0.25, 0.3) is 10.0 Å². The lowest BCUT2D eigenvalue weighted by molar-refractivity contribution is 0.600. The second-order valence-corrected chi connectivity index (χ2v) is 6.15. The van der Waals surface area contributed by atoms with Crippen LogP contribution in [0.4, 0.5) is 11.5 Å². The first-order valence-corrected chi connectivity index (χ1v) is 7.24. The molecule has 0 aliphatic carbocycles. The van der Waals surface area contributed by atoms with Crippen LogP contribution in [0.3, 0.4) is 0 Å². The molecule has 6 nitrogen and oxygen atoms in total. The molecule has 0 saturated heterocycles. The summed E-state index contributed by atoms with van der Waals surface area (Å²) in [5.74, 6) is 0.366. The molecule has 0 bridgehead atoms. The molecule has 8 heteroatoms. The number of nitrogens with one attached hydrogen (secondary N) is 1. The molecule has 0 atom stereocenters. The number of sulfonamides is 1. The zero-order valence-electron chi connectivity index (χ0n) is 10.4. The fraction of sp³-hybridized carbons (Fsp3) is 0.182. The van der Waals surface area contributed by atoms with E-state index in [2.05, 4.69) is 9.82 Å². The van der Waals surface area contributed by atoms with Crippen molar-refractivity contribution < 1.29 is 8.42 Å². The summed E-state index contributed by atoms with van der Waals surface area (Å²) in [5, 5.41) is 4.14. The van der Waals surface area contributed by atoms with Crippen LogP contribution < -0.4 is 10.5 Å². The van der Waals surface area contributed by atoms with Crippen molar-refractivity contribution in [1.82, 2.24) is 9.78 Å². The second kappa shape index (κ2) is 4.75. The smallest absolute Gasteiger partial charge is 0.264 e. The molecule has 0 aliphatic heterocycles. The first kappa shape index (κ1) is 13.7. The standard InChI is InChI=1S/C11H13ClN4O2S/c1-7-5-11(16(2)14-7)15-19(17,18)10-4-3-8(13)6-9(10)12/h3-6,15H,13H2,1-2H3. The second-order valence-electron chi connectivity index (χ2n) is 4.09. The number of benzene rings is 1. The Hall–Kier alpha value is -1.73. The zero-order valence-corrected chi connectivity index (χ0v) is 12.0. The van der Waals surface area contributed by atoms with Crippen LogP contribution in [0.15, 0.2) is 29.2 Å². The van der Waals surface area contributed by atoms with Crippen molar-refractivity contribution in [3.63, 3.8) is 0 Å². The lowest BCUT2D eigenvalue weighted by Gasteiger charge is -2.09. The molecule has 0 spiro atoms. The summed E-state index contributed by atoms with van der Waals surface area (Å²) >= 11 is 5.90. The number of anilines is 2. The first-order chi connectivity index (χ1) is 8.79. The number of aryl methyl sites for hydroxylation is 2. The van der Waals surface area contributed by atoms with E-state index in [1.54, 1.807) is 20.0 Å². The summed E-state index contributed by atoms with van der Waals surface area (Å²) < 4.78 is 28.3. The maximum atomic E-state index is 12.2. The van der Waals surface area contributed by atoms with E-state index in [9.17, 15) is 8.42 Å². The summed E-state index contributed by atoms with van der Waals surface area (Å²) in [4.78, 5) is -0.0257. The number of nitrogens with two attached hydrogens (primary N) is 1. The molecule has 3 N–H and O–H groups in total. The van der Waals surface area contributed by atoms with E-state index in [0.717, 1.165) is 0 Å². The normalized spacial score (nSPS) is 11.5. The van der Waals surface area contributed by atoms with Crippen LogP contribution >= 0.6 is 11.6 Å². The van der Waals surface area contributed by atoms with Crippen LogP contribution in [0.2, 0.25) is 5.02 Å². The number of nitrogens with zero attached hydrogens (tertiary/aromatic N) is 2. The monoisotopic (exact) mass is 300 g/mol. The molecule has 0 unspecified atom stereocenters. The summed E-state index contributed by atoms with van der Waals surface area (Å²) in [5.41, 5.74) is 6.65. The van der Waals surface area contributed by atoms with Crippen LogP contribution in [0.25, 0.3) is 0 Å². The highest BCUT2D eigenvalue weighted by molar-refractivity contribution is 7.92. The maximum absolute atomic E-state index is 12.2. The van der Waals surface area contributed by atoms with Gasteiger partial charge < -0.3 is 5.73 Å². The molecule has 1 heterocycles. The van der Waals surface area contributed by atoms with Crippen molar-refractivity contribution in [3.05, 3.63) is 35.0 Å². The number of hydrogen-bond acceptors (Lipinski definition) is 4. The van der Waals surface area contributed by atoms with Gasteiger partial charge in [0.1, 0.15) is 10.7 Å². The van der Waals surface area contributed by atoms with Crippen LogP contribution in [0.5, 0.6) is 0 Å². The van der Waals surface area contributed by atoms with Crippen molar-refractivity contribution in [3.8, 4) is 0 Å². The Kier molecular flexibility index (Phi) is 3.42. The highest BCUT2D eigenvalue weighted by atomic mass is 35.5. The average molecular weight is 301 g/mol. The number of rotatable bonds is 3. The SMILES string of the molecule is Cc1cc(NS(=O)(=O)c2ccc(N)cc2Cl)n(C)n1. The van der Waals surface area contributed by atoms with Gasteiger partial charge in [-0.15, -0.1) is 0 Å². The molecule has 1 aromatic carbocycles. The van der Waals surface area contributed by atoms with Gasteiger partial charge in [-0.3, -0.25) is 9.40 Å². The third-order valence-electron chi connectivity index (χ3n) is 2.49. The zero-order chi connectivity index (χ0) is 14.2. The Morgan fingerprint density at radius 3 is 2.58 bits per heavy atom. The van der Waals surface area contributed by atoms with Gasteiger partial charge in [0.2, 0.25) is 0 Å². The quantitative estimate of drug-likeness (QED) is 0.845. The van der Waals surface area contributed by atoms with Gasteiger partial charge in [0.15, 0.2) is 0 Å². The molecule has 19 heavy (non-hydrogen) atoms. The molecular weight excluding hydrogens is 288 g/mol. The van der Waals surface area contributed by atoms with Crippen molar-refractivity contribution in [1.29, 1.82) is 0 Å². The molecule has 0 saturated carbocycles. The minimum Gasteiger partial charge on any atom is -0.399 e. The topological polar surface area (TPSA) is 90.0 Å². The predicted molar refractivity (Wildman–Crippen MR) is 74.6 cm³/mol. The Balaban J connectivity index is 2.40. The number of aromatic nitrogens is 2. The van der Waals surface area contributed by atoms with Crippen LogP contribution in [-0.2, 0) is 17.1 Å². The number of nitrogen functional groups attached to an aromatic ring is 1. The van der Waals surface area contributed by atoms with Gasteiger partial charge >= 0.3 is 0 Å². The van der Waals surface area contributed by atoms with Crippen molar-refractivity contribution in [2.45, 2.75) is 11.8 Å². The van der Waals surface area contributed by atoms with E-state index in [4.69, 9.17) is 17.3 Å². The Morgan fingerprint density at radius 1 is 1.37 bits per heavy atom.